The molecule has 13 heteroatoms. The molecule has 226 valence electrons. The number of carbonyl (C=O) groups excluding carboxylic acids is 5. The predicted octanol–water partition coefficient (Wildman–Crippen LogP) is 1.23. The molecule has 1 heterocycles. The van der Waals surface area contributed by atoms with Crippen molar-refractivity contribution in [2.75, 3.05) is 27.2 Å². The largest absolute Gasteiger partial charge is 0.480 e. The van der Waals surface area contributed by atoms with E-state index in [0.717, 1.165) is 9.80 Å². The van der Waals surface area contributed by atoms with Gasteiger partial charge in [-0.3, -0.25) is 19.2 Å². The van der Waals surface area contributed by atoms with E-state index in [9.17, 15) is 33.9 Å². The maximum absolute atomic E-state index is 13.7. The molecule has 1 aromatic carbocycles. The summed E-state index contributed by atoms with van der Waals surface area (Å²) < 4.78 is 5.25. The molecule has 1 aromatic rings. The quantitative estimate of drug-likeness (QED) is 0.358. The minimum absolute atomic E-state index is 0.0324. The Bertz CT molecular complexity index is 1170. The molecule has 1 saturated heterocycles. The zero-order valence-electron chi connectivity index (χ0n) is 24.9. The summed E-state index contributed by atoms with van der Waals surface area (Å²) in [6.07, 6.45) is -0.742. The molecule has 4 N–H and O–H groups in total. The van der Waals surface area contributed by atoms with Gasteiger partial charge >= 0.3 is 12.1 Å². The van der Waals surface area contributed by atoms with Crippen molar-refractivity contribution in [2.45, 2.75) is 71.7 Å². The molecule has 3 unspecified atom stereocenters. The Labute approximate surface area is 240 Å². The standard InChI is InChI=1S/C28H41N5O8/c1-27(2,3)21(31-20(34)15-32(8)26(40)41-28(4,5)6)24(37)33-14-18(13-19(33)25(38)39)30-23(36)17-11-9-16(10-12-17)22(35)29-7/h9-12,18-19,21H,13-15H2,1-8H3,(H,29,35)(H,30,36)(H,31,34)(H,38,39). The van der Waals surface area contributed by atoms with Crippen LogP contribution in [-0.2, 0) is 19.1 Å². The van der Waals surface area contributed by atoms with E-state index in [1.165, 1.54) is 38.4 Å². The van der Waals surface area contributed by atoms with Crippen molar-refractivity contribution in [2.24, 2.45) is 5.41 Å². The maximum Gasteiger partial charge on any atom is 0.410 e. The van der Waals surface area contributed by atoms with Gasteiger partial charge in [0.05, 0.1) is 0 Å². The van der Waals surface area contributed by atoms with Crippen LogP contribution in [0.2, 0.25) is 0 Å². The smallest absolute Gasteiger partial charge is 0.410 e. The van der Waals surface area contributed by atoms with Crippen LogP contribution in [0.5, 0.6) is 0 Å². The zero-order chi connectivity index (χ0) is 31.3. The van der Waals surface area contributed by atoms with E-state index >= 15 is 0 Å². The lowest BCUT2D eigenvalue weighted by molar-refractivity contribution is -0.150. The Morgan fingerprint density at radius 3 is 2.00 bits per heavy atom. The van der Waals surface area contributed by atoms with Gasteiger partial charge in [-0.05, 0) is 50.5 Å². The minimum Gasteiger partial charge on any atom is -0.480 e. The van der Waals surface area contributed by atoms with Crippen LogP contribution < -0.4 is 16.0 Å². The molecule has 3 atom stereocenters. The highest BCUT2D eigenvalue weighted by molar-refractivity contribution is 5.98. The second-order valence-corrected chi connectivity index (χ2v) is 12.1. The van der Waals surface area contributed by atoms with Gasteiger partial charge in [0.2, 0.25) is 11.8 Å². The third kappa shape index (κ3) is 9.19. The summed E-state index contributed by atoms with van der Waals surface area (Å²) in [6, 6.07) is 2.94. The van der Waals surface area contributed by atoms with Crippen LogP contribution in [0.15, 0.2) is 24.3 Å². The van der Waals surface area contributed by atoms with Crippen molar-refractivity contribution < 1.29 is 38.6 Å². The Kier molecular flexibility index (Phi) is 10.5. The van der Waals surface area contributed by atoms with Gasteiger partial charge in [-0.1, -0.05) is 20.8 Å². The lowest BCUT2D eigenvalue weighted by atomic mass is 9.85. The lowest BCUT2D eigenvalue weighted by Gasteiger charge is -2.35. The van der Waals surface area contributed by atoms with Crippen LogP contribution in [0.4, 0.5) is 4.79 Å². The molecule has 2 rings (SSSR count). The highest BCUT2D eigenvalue weighted by Crippen LogP contribution is 2.26. The number of likely N-dealkylation sites (N-methyl/N-ethyl adjacent to an activating group) is 1. The number of amides is 5. The van der Waals surface area contributed by atoms with E-state index in [1.54, 1.807) is 41.5 Å². The fraction of sp³-hybridized carbons (Fsp3) is 0.571. The number of ether oxygens (including phenoxy) is 1. The Hall–Kier alpha value is -4.16. The van der Waals surface area contributed by atoms with Gasteiger partial charge in [0.1, 0.15) is 24.2 Å². The lowest BCUT2D eigenvalue weighted by Crippen LogP contribution is -2.58. The Morgan fingerprint density at radius 2 is 1.54 bits per heavy atom. The molecule has 1 fully saturated rings. The SMILES string of the molecule is CNC(=O)c1ccc(C(=O)NC2CC(C(=O)O)N(C(=O)C(NC(=O)CN(C)C(=O)OC(C)(C)C)C(C)(C)C)C2)cc1. The molecule has 41 heavy (non-hydrogen) atoms. The second kappa shape index (κ2) is 13.0. The Morgan fingerprint density at radius 1 is 1.00 bits per heavy atom. The minimum atomic E-state index is -1.24. The molecule has 1 aliphatic heterocycles. The van der Waals surface area contributed by atoms with Crippen LogP contribution in [-0.4, -0.2) is 102 Å². The number of hydrogen-bond donors (Lipinski definition) is 4. The van der Waals surface area contributed by atoms with Crippen molar-refractivity contribution >= 4 is 35.7 Å². The van der Waals surface area contributed by atoms with E-state index in [2.05, 4.69) is 16.0 Å². The monoisotopic (exact) mass is 575 g/mol. The Balaban J connectivity index is 2.15. The van der Waals surface area contributed by atoms with Crippen LogP contribution in [0.1, 0.15) is 68.7 Å². The van der Waals surface area contributed by atoms with Crippen molar-refractivity contribution in [3.8, 4) is 0 Å². The molecule has 0 bridgehead atoms. The first-order valence-electron chi connectivity index (χ1n) is 13.2. The number of nitrogens with zero attached hydrogens (tertiary/aromatic N) is 2. The number of rotatable bonds is 8. The summed E-state index contributed by atoms with van der Waals surface area (Å²) in [5.41, 5.74) is -0.925. The van der Waals surface area contributed by atoms with Crippen molar-refractivity contribution in [1.82, 2.24) is 25.8 Å². The summed E-state index contributed by atoms with van der Waals surface area (Å²) in [6.45, 7) is 9.79. The van der Waals surface area contributed by atoms with E-state index in [1.807, 2.05) is 0 Å². The molecule has 0 radical (unpaired) electrons. The fourth-order valence-electron chi connectivity index (χ4n) is 4.25. The normalized spacial score (nSPS) is 17.7. The van der Waals surface area contributed by atoms with Crippen LogP contribution in [0, 0.1) is 5.41 Å². The number of aliphatic carboxylic acids is 1. The van der Waals surface area contributed by atoms with Gasteiger partial charge < -0.3 is 35.6 Å². The van der Waals surface area contributed by atoms with Gasteiger partial charge in [0, 0.05) is 44.2 Å². The van der Waals surface area contributed by atoms with Crippen molar-refractivity contribution in [3.05, 3.63) is 35.4 Å². The number of nitrogens with one attached hydrogen (secondary N) is 3. The topological polar surface area (TPSA) is 174 Å². The fourth-order valence-corrected chi connectivity index (χ4v) is 4.25. The number of carboxylic acids is 1. The van der Waals surface area contributed by atoms with E-state index < -0.39 is 58.9 Å². The molecular formula is C28H41N5O8. The van der Waals surface area contributed by atoms with Gasteiger partial charge in [-0.25, -0.2) is 9.59 Å². The average molecular weight is 576 g/mol. The molecule has 1 aliphatic rings. The van der Waals surface area contributed by atoms with E-state index in [0.29, 0.717) is 5.56 Å². The predicted molar refractivity (Wildman–Crippen MR) is 149 cm³/mol. The van der Waals surface area contributed by atoms with E-state index in [4.69, 9.17) is 4.74 Å². The average Bonchev–Trinajstić information content (AvgIpc) is 3.29. The first kappa shape index (κ1) is 33.0. The number of benzene rings is 1. The molecule has 5 amide bonds. The molecule has 13 nitrogen and oxygen atoms in total. The highest BCUT2D eigenvalue weighted by atomic mass is 16.6. The molecule has 0 aromatic heterocycles. The molecule has 0 spiro atoms. The first-order chi connectivity index (χ1) is 18.8. The third-order valence-electron chi connectivity index (χ3n) is 6.35. The first-order valence-corrected chi connectivity index (χ1v) is 13.2. The number of carboxylic acid groups (broad SMARTS) is 1. The van der Waals surface area contributed by atoms with Crippen molar-refractivity contribution in [3.63, 3.8) is 0 Å². The summed E-state index contributed by atoms with van der Waals surface area (Å²) >= 11 is 0. The van der Waals surface area contributed by atoms with E-state index in [-0.39, 0.29) is 31.0 Å². The number of carbonyl (C=O) groups is 6. The van der Waals surface area contributed by atoms with Crippen LogP contribution >= 0.6 is 0 Å². The zero-order valence-corrected chi connectivity index (χ0v) is 24.9. The second-order valence-electron chi connectivity index (χ2n) is 12.1. The highest BCUT2D eigenvalue weighted by Gasteiger charge is 2.45. The number of likely N-dealkylation sites (tertiary alicyclic amines) is 1. The maximum atomic E-state index is 13.7. The summed E-state index contributed by atoms with van der Waals surface area (Å²) in [5.74, 6) is -3.27. The van der Waals surface area contributed by atoms with Crippen molar-refractivity contribution in [1.29, 1.82) is 0 Å². The van der Waals surface area contributed by atoms with Crippen LogP contribution in [0.25, 0.3) is 0 Å². The number of hydrogen-bond acceptors (Lipinski definition) is 7. The third-order valence-corrected chi connectivity index (χ3v) is 6.35. The molecular weight excluding hydrogens is 534 g/mol. The van der Waals surface area contributed by atoms with Crippen LogP contribution in [0.3, 0.4) is 0 Å². The summed E-state index contributed by atoms with van der Waals surface area (Å²) in [5, 5.41) is 17.8. The molecule has 0 saturated carbocycles. The van der Waals surface area contributed by atoms with Gasteiger partial charge in [0.15, 0.2) is 0 Å². The summed E-state index contributed by atoms with van der Waals surface area (Å²) in [4.78, 5) is 77.6. The van der Waals surface area contributed by atoms with Gasteiger partial charge in [0.25, 0.3) is 11.8 Å². The van der Waals surface area contributed by atoms with Gasteiger partial charge in [-0.15, -0.1) is 0 Å². The molecule has 0 aliphatic carbocycles. The summed E-state index contributed by atoms with van der Waals surface area (Å²) in [7, 11) is 2.88. The van der Waals surface area contributed by atoms with Gasteiger partial charge in [-0.2, -0.15) is 0 Å².